The second kappa shape index (κ2) is 7.39. The Balaban J connectivity index is 1.60. The van der Waals surface area contributed by atoms with Crippen LogP contribution in [0.5, 0.6) is 11.5 Å². The molecule has 2 aromatic rings. The predicted molar refractivity (Wildman–Crippen MR) is 127 cm³/mol. The number of fused-ring (bicyclic) bond motifs is 3. The molecule has 5 rings (SSSR count). The average molecular weight is 418 g/mol. The van der Waals surface area contributed by atoms with Gasteiger partial charge in [0, 0.05) is 23.1 Å². The van der Waals surface area contributed by atoms with Crippen molar-refractivity contribution in [2.45, 2.75) is 89.7 Å². The molecule has 1 aliphatic carbocycles. The van der Waals surface area contributed by atoms with Gasteiger partial charge in [-0.2, -0.15) is 0 Å². The molecular weight excluding hydrogens is 382 g/mol. The zero-order valence-electron chi connectivity index (χ0n) is 19.7. The highest BCUT2D eigenvalue weighted by Crippen LogP contribution is 2.48. The van der Waals surface area contributed by atoms with E-state index in [1.807, 2.05) is 0 Å². The Kier molecular flexibility index (Phi) is 4.91. The topological polar surface area (TPSA) is 30.8 Å². The van der Waals surface area contributed by atoms with Gasteiger partial charge < -0.3 is 9.47 Å². The third-order valence-corrected chi connectivity index (χ3v) is 7.16. The van der Waals surface area contributed by atoms with E-state index >= 15 is 0 Å². The summed E-state index contributed by atoms with van der Waals surface area (Å²) in [5.74, 6) is 2.48. The third kappa shape index (κ3) is 3.77. The molecule has 3 aliphatic rings. The highest BCUT2D eigenvalue weighted by molar-refractivity contribution is 6.16. The van der Waals surface area contributed by atoms with Gasteiger partial charge in [0.25, 0.3) is 0 Å². The summed E-state index contributed by atoms with van der Waals surface area (Å²) in [6, 6.07) is 11.5. The predicted octanol–water partition coefficient (Wildman–Crippen LogP) is 6.63. The molecule has 0 amide bonds. The fourth-order valence-electron chi connectivity index (χ4n) is 5.78. The van der Waals surface area contributed by atoms with Crippen LogP contribution in [0, 0.1) is 0 Å². The van der Waals surface area contributed by atoms with E-state index in [1.54, 1.807) is 7.11 Å². The molecule has 3 heteroatoms. The summed E-state index contributed by atoms with van der Waals surface area (Å²) in [4.78, 5) is 5.27. The van der Waals surface area contributed by atoms with Gasteiger partial charge in [-0.25, -0.2) is 0 Å². The van der Waals surface area contributed by atoms with Crippen molar-refractivity contribution >= 4 is 5.71 Å². The molecule has 1 fully saturated rings. The van der Waals surface area contributed by atoms with Crippen LogP contribution < -0.4 is 9.47 Å². The van der Waals surface area contributed by atoms with Crippen LogP contribution in [0.15, 0.2) is 35.3 Å². The molecule has 0 bridgehead atoms. The second-order valence-electron chi connectivity index (χ2n) is 10.9. The highest BCUT2D eigenvalue weighted by atomic mass is 16.5. The molecule has 0 spiro atoms. The van der Waals surface area contributed by atoms with Gasteiger partial charge in [-0.05, 0) is 70.1 Å². The van der Waals surface area contributed by atoms with Crippen molar-refractivity contribution in [2.24, 2.45) is 4.99 Å². The molecule has 0 aromatic heterocycles. The number of benzene rings is 2. The zero-order chi connectivity index (χ0) is 21.8. The van der Waals surface area contributed by atoms with Crippen LogP contribution in [0.4, 0.5) is 0 Å². The zero-order valence-corrected chi connectivity index (χ0v) is 19.7. The molecule has 2 aromatic carbocycles. The lowest BCUT2D eigenvalue weighted by Crippen LogP contribution is -2.30. The van der Waals surface area contributed by atoms with Gasteiger partial charge in [0.1, 0.15) is 5.60 Å². The first kappa shape index (κ1) is 20.6. The van der Waals surface area contributed by atoms with Gasteiger partial charge in [0.2, 0.25) is 0 Å². The molecular formula is C28H35NO2. The van der Waals surface area contributed by atoms with Crippen LogP contribution in [0.3, 0.4) is 0 Å². The van der Waals surface area contributed by atoms with Crippen LogP contribution in [0.2, 0.25) is 0 Å². The summed E-state index contributed by atoms with van der Waals surface area (Å²) in [6.45, 7) is 8.77. The van der Waals surface area contributed by atoms with Crippen LogP contribution >= 0.6 is 0 Å². The van der Waals surface area contributed by atoms with E-state index in [0.717, 1.165) is 36.0 Å². The van der Waals surface area contributed by atoms with Gasteiger partial charge in [-0.1, -0.05) is 43.5 Å². The summed E-state index contributed by atoms with van der Waals surface area (Å²) in [7, 11) is 1.74. The Morgan fingerprint density at radius 1 is 0.968 bits per heavy atom. The lowest BCUT2D eigenvalue weighted by atomic mass is 9.80. The van der Waals surface area contributed by atoms with Crippen molar-refractivity contribution in [3.8, 4) is 11.5 Å². The minimum atomic E-state index is -0.229. The lowest BCUT2D eigenvalue weighted by Gasteiger charge is -2.31. The molecule has 0 unspecified atom stereocenters. The largest absolute Gasteiger partial charge is 0.493 e. The molecule has 164 valence electrons. The normalized spacial score (nSPS) is 21.6. The number of aliphatic imine (C=N–C) groups is 1. The highest BCUT2D eigenvalue weighted by Gasteiger charge is 2.39. The summed E-state index contributed by atoms with van der Waals surface area (Å²) >= 11 is 0. The number of rotatable bonds is 3. The Hall–Kier alpha value is -2.29. The standard InChI is InChI=1S/C28H35NO2/c1-27(2)16-21-15-23(30-5)26-22(17-28(3,4)31-26)24(21)25(29-27)20-13-11-19(12-14-20)18-9-7-6-8-10-18/h11-15,18H,6-10,16-17H2,1-5H3. The van der Waals surface area contributed by atoms with Gasteiger partial charge in [-0.3, -0.25) is 4.99 Å². The third-order valence-electron chi connectivity index (χ3n) is 7.16. The van der Waals surface area contributed by atoms with E-state index in [4.69, 9.17) is 14.5 Å². The SMILES string of the molecule is COc1cc2c(c3c1OC(C)(C)C3)C(c1ccc(C3CCCCC3)cc1)=NC(C)(C)C2. The number of hydrogen-bond donors (Lipinski definition) is 0. The van der Waals surface area contributed by atoms with Crippen LogP contribution in [-0.2, 0) is 12.8 Å². The first-order chi connectivity index (χ1) is 14.8. The Bertz CT molecular complexity index is 1020. The van der Waals surface area contributed by atoms with E-state index in [2.05, 4.69) is 58.0 Å². The van der Waals surface area contributed by atoms with Crippen molar-refractivity contribution in [3.05, 3.63) is 58.1 Å². The van der Waals surface area contributed by atoms with Crippen molar-refractivity contribution < 1.29 is 9.47 Å². The molecule has 0 radical (unpaired) electrons. The lowest BCUT2D eigenvalue weighted by molar-refractivity contribution is 0.134. The summed E-state index contributed by atoms with van der Waals surface area (Å²) in [5, 5.41) is 0. The number of hydrogen-bond acceptors (Lipinski definition) is 3. The van der Waals surface area contributed by atoms with Gasteiger partial charge in [0.05, 0.1) is 18.4 Å². The van der Waals surface area contributed by atoms with Gasteiger partial charge in [-0.15, -0.1) is 0 Å². The van der Waals surface area contributed by atoms with Crippen molar-refractivity contribution in [2.75, 3.05) is 7.11 Å². The van der Waals surface area contributed by atoms with Crippen LogP contribution in [0.1, 0.15) is 93.5 Å². The molecule has 31 heavy (non-hydrogen) atoms. The number of methoxy groups -OCH3 is 1. The molecule has 3 nitrogen and oxygen atoms in total. The second-order valence-corrected chi connectivity index (χ2v) is 10.9. The van der Waals surface area contributed by atoms with Crippen molar-refractivity contribution in [3.63, 3.8) is 0 Å². The maximum absolute atomic E-state index is 6.34. The fraction of sp³-hybridized carbons (Fsp3) is 0.536. The summed E-state index contributed by atoms with van der Waals surface area (Å²) in [5.41, 5.74) is 7.29. The fourth-order valence-corrected chi connectivity index (χ4v) is 5.78. The van der Waals surface area contributed by atoms with Crippen LogP contribution in [-0.4, -0.2) is 24.0 Å². The molecule has 2 aliphatic heterocycles. The number of nitrogens with zero attached hydrogens (tertiary/aromatic N) is 1. The Morgan fingerprint density at radius 3 is 2.35 bits per heavy atom. The van der Waals surface area contributed by atoms with Crippen molar-refractivity contribution in [1.82, 2.24) is 0 Å². The van der Waals surface area contributed by atoms with Gasteiger partial charge >= 0.3 is 0 Å². The maximum atomic E-state index is 6.34. The smallest absolute Gasteiger partial charge is 0.166 e. The van der Waals surface area contributed by atoms with E-state index in [0.29, 0.717) is 0 Å². The molecule has 0 saturated heterocycles. The number of ether oxygens (including phenoxy) is 2. The monoisotopic (exact) mass is 417 g/mol. The molecule has 1 saturated carbocycles. The molecule has 2 heterocycles. The average Bonchev–Trinajstić information content (AvgIpc) is 3.07. The Morgan fingerprint density at radius 2 is 1.68 bits per heavy atom. The Labute approximate surface area is 186 Å². The van der Waals surface area contributed by atoms with E-state index in [1.165, 1.54) is 59.9 Å². The maximum Gasteiger partial charge on any atom is 0.166 e. The minimum absolute atomic E-state index is 0.140. The first-order valence-corrected chi connectivity index (χ1v) is 11.9. The van der Waals surface area contributed by atoms with Crippen molar-refractivity contribution in [1.29, 1.82) is 0 Å². The van der Waals surface area contributed by atoms with E-state index in [9.17, 15) is 0 Å². The summed E-state index contributed by atoms with van der Waals surface area (Å²) < 4.78 is 12.1. The minimum Gasteiger partial charge on any atom is -0.493 e. The first-order valence-electron chi connectivity index (χ1n) is 11.9. The van der Waals surface area contributed by atoms with Crippen LogP contribution in [0.25, 0.3) is 0 Å². The summed E-state index contributed by atoms with van der Waals surface area (Å²) in [6.07, 6.45) is 8.57. The van der Waals surface area contributed by atoms with E-state index < -0.39 is 0 Å². The molecule has 0 atom stereocenters. The van der Waals surface area contributed by atoms with Gasteiger partial charge in [0.15, 0.2) is 11.5 Å². The van der Waals surface area contributed by atoms with E-state index in [-0.39, 0.29) is 11.1 Å². The quantitative estimate of drug-likeness (QED) is 0.561. The molecule has 0 N–H and O–H groups in total.